The third-order valence-corrected chi connectivity index (χ3v) is 5.84. The maximum Gasteiger partial charge on any atom is 0.338 e. The second-order valence-electron chi connectivity index (χ2n) is 8.16. The number of aryl methyl sites for hydroxylation is 3. The molecule has 0 aliphatic carbocycles. The van der Waals surface area contributed by atoms with Gasteiger partial charge in [-0.1, -0.05) is 0 Å². The predicted molar refractivity (Wildman–Crippen MR) is 134 cm³/mol. The zero-order valence-electron chi connectivity index (χ0n) is 19.8. The first-order valence-electron chi connectivity index (χ1n) is 11.1. The molecule has 5 nitrogen and oxygen atoms in total. The average molecular weight is 440 g/mol. The number of rotatable bonds is 6. The second-order valence-corrected chi connectivity index (χ2v) is 8.16. The molecule has 0 unspecified atom stereocenters. The maximum absolute atomic E-state index is 11.9. The van der Waals surface area contributed by atoms with Crippen molar-refractivity contribution in [3.05, 3.63) is 101 Å². The van der Waals surface area contributed by atoms with Gasteiger partial charge in [0.25, 0.3) is 0 Å². The van der Waals surface area contributed by atoms with E-state index >= 15 is 0 Å². The van der Waals surface area contributed by atoms with Crippen LogP contribution in [0, 0.1) is 27.7 Å². The Balaban J connectivity index is 1.55. The Morgan fingerprint density at radius 2 is 1.39 bits per heavy atom. The molecule has 0 aliphatic rings. The summed E-state index contributed by atoms with van der Waals surface area (Å²) in [7, 11) is 0. The van der Waals surface area contributed by atoms with Gasteiger partial charge in [-0.25, -0.2) is 4.79 Å². The maximum atomic E-state index is 11.9. The average Bonchev–Trinajstić information content (AvgIpc) is 3.30. The molecule has 0 bridgehead atoms. The Hall–Kier alpha value is -3.86. The van der Waals surface area contributed by atoms with Crippen molar-refractivity contribution in [3.8, 4) is 11.4 Å². The fourth-order valence-corrected chi connectivity index (χ4v) is 4.18. The van der Waals surface area contributed by atoms with E-state index < -0.39 is 0 Å². The Morgan fingerprint density at radius 1 is 0.818 bits per heavy atom. The minimum Gasteiger partial charge on any atom is -0.462 e. The molecule has 2 aromatic carbocycles. The van der Waals surface area contributed by atoms with Crippen molar-refractivity contribution in [2.24, 2.45) is 4.99 Å². The van der Waals surface area contributed by atoms with E-state index in [1.54, 1.807) is 19.1 Å². The molecule has 4 rings (SSSR count). The quantitative estimate of drug-likeness (QED) is 0.257. The van der Waals surface area contributed by atoms with Crippen LogP contribution < -0.4 is 0 Å². The molecule has 0 fully saturated rings. The number of benzene rings is 2. The molecule has 0 N–H and O–H groups in total. The first kappa shape index (κ1) is 22.3. The van der Waals surface area contributed by atoms with Crippen molar-refractivity contribution in [2.45, 2.75) is 34.6 Å². The van der Waals surface area contributed by atoms with Crippen LogP contribution in [0.25, 0.3) is 11.4 Å². The van der Waals surface area contributed by atoms with Crippen molar-refractivity contribution < 1.29 is 9.53 Å². The zero-order valence-corrected chi connectivity index (χ0v) is 19.8. The van der Waals surface area contributed by atoms with Gasteiger partial charge in [0.2, 0.25) is 0 Å². The van der Waals surface area contributed by atoms with E-state index in [-0.39, 0.29) is 5.97 Å². The lowest BCUT2D eigenvalue weighted by Gasteiger charge is -2.10. The van der Waals surface area contributed by atoms with Gasteiger partial charge in [-0.05, 0) is 101 Å². The molecule has 0 atom stereocenters. The van der Waals surface area contributed by atoms with E-state index in [0.717, 1.165) is 34.0 Å². The minimum atomic E-state index is -0.300. The van der Waals surface area contributed by atoms with Gasteiger partial charge in [0.15, 0.2) is 0 Å². The van der Waals surface area contributed by atoms with E-state index in [0.29, 0.717) is 12.2 Å². The van der Waals surface area contributed by atoms with Crippen LogP contribution in [0.5, 0.6) is 0 Å². The summed E-state index contributed by atoms with van der Waals surface area (Å²) < 4.78 is 9.47. The highest BCUT2D eigenvalue weighted by Gasteiger charge is 2.11. The molecule has 168 valence electrons. The molecule has 4 aromatic rings. The molecule has 33 heavy (non-hydrogen) atoms. The van der Waals surface area contributed by atoms with Crippen LogP contribution in [0.3, 0.4) is 0 Å². The summed E-state index contributed by atoms with van der Waals surface area (Å²) in [5.74, 6) is -0.300. The highest BCUT2D eigenvalue weighted by atomic mass is 16.5. The number of hydrogen-bond acceptors (Lipinski definition) is 3. The summed E-state index contributed by atoms with van der Waals surface area (Å²) in [6, 6.07) is 22.1. The van der Waals surface area contributed by atoms with Crippen LogP contribution in [0.4, 0.5) is 5.69 Å². The third-order valence-electron chi connectivity index (χ3n) is 5.84. The topological polar surface area (TPSA) is 48.5 Å². The Morgan fingerprint density at radius 3 is 2.00 bits per heavy atom. The van der Waals surface area contributed by atoms with Gasteiger partial charge in [-0.3, -0.25) is 4.99 Å². The fraction of sp³-hybridized carbons (Fsp3) is 0.214. The molecular weight excluding hydrogens is 410 g/mol. The van der Waals surface area contributed by atoms with Gasteiger partial charge in [0.05, 0.1) is 17.9 Å². The van der Waals surface area contributed by atoms with Gasteiger partial charge < -0.3 is 13.9 Å². The minimum absolute atomic E-state index is 0.300. The third kappa shape index (κ3) is 4.53. The number of ether oxygens (including phenoxy) is 1. The number of aliphatic imine (C=N–C) groups is 1. The summed E-state index contributed by atoms with van der Waals surface area (Å²) in [5.41, 5.74) is 9.28. The molecule has 5 heteroatoms. The Labute approximate surface area is 195 Å². The molecule has 0 saturated heterocycles. The SMILES string of the molecule is CCOC(=O)c1ccc(-n2c(C)cc(C=Nc3ccc(-n4c(C)ccc4C)cc3)c2C)cc1. The van der Waals surface area contributed by atoms with Crippen molar-refractivity contribution in [2.75, 3.05) is 6.61 Å². The van der Waals surface area contributed by atoms with E-state index in [9.17, 15) is 4.79 Å². The second kappa shape index (κ2) is 9.33. The summed E-state index contributed by atoms with van der Waals surface area (Å²) in [4.78, 5) is 16.6. The number of esters is 1. The number of carbonyl (C=O) groups excluding carboxylic acids is 1. The zero-order chi connectivity index (χ0) is 23.5. The number of aromatic nitrogens is 2. The van der Waals surface area contributed by atoms with Gasteiger partial charge >= 0.3 is 5.97 Å². The molecular formula is C28H29N3O2. The largest absolute Gasteiger partial charge is 0.462 e. The van der Waals surface area contributed by atoms with Gasteiger partial charge in [-0.15, -0.1) is 0 Å². The molecule has 0 saturated carbocycles. The lowest BCUT2D eigenvalue weighted by molar-refractivity contribution is 0.0526. The fourth-order valence-electron chi connectivity index (χ4n) is 4.18. The number of carbonyl (C=O) groups is 1. The van der Waals surface area contributed by atoms with Crippen LogP contribution in [0.1, 0.15) is 45.6 Å². The highest BCUT2D eigenvalue weighted by Crippen LogP contribution is 2.23. The Kier molecular flexibility index (Phi) is 6.31. The smallest absolute Gasteiger partial charge is 0.338 e. The summed E-state index contributed by atoms with van der Waals surface area (Å²) in [5, 5.41) is 0. The summed E-state index contributed by atoms with van der Waals surface area (Å²) >= 11 is 0. The lowest BCUT2D eigenvalue weighted by Crippen LogP contribution is -2.05. The van der Waals surface area contributed by atoms with Crippen LogP contribution >= 0.6 is 0 Å². The predicted octanol–water partition coefficient (Wildman–Crippen LogP) is 6.43. The van der Waals surface area contributed by atoms with Crippen molar-refractivity contribution >= 4 is 17.9 Å². The van der Waals surface area contributed by atoms with Crippen molar-refractivity contribution in [3.63, 3.8) is 0 Å². The normalized spacial score (nSPS) is 11.3. The number of hydrogen-bond donors (Lipinski definition) is 0. The van der Waals surface area contributed by atoms with Gasteiger partial charge in [-0.2, -0.15) is 0 Å². The molecule has 0 spiro atoms. The molecule has 0 radical (unpaired) electrons. The van der Waals surface area contributed by atoms with E-state index in [4.69, 9.17) is 9.73 Å². The standard InChI is InChI=1S/C28H29N3O2/c1-6-33-28(32)23-9-13-27(14-10-23)31-21(4)17-24(22(31)5)18-29-25-11-15-26(16-12-25)30-19(2)7-8-20(30)3/h7-18H,6H2,1-5H3. The van der Waals surface area contributed by atoms with Crippen LogP contribution in [-0.2, 0) is 4.74 Å². The molecule has 2 heterocycles. The van der Waals surface area contributed by atoms with Crippen molar-refractivity contribution in [1.82, 2.24) is 9.13 Å². The number of nitrogens with zero attached hydrogens (tertiary/aromatic N) is 3. The van der Waals surface area contributed by atoms with E-state index in [2.05, 4.69) is 67.2 Å². The monoisotopic (exact) mass is 439 g/mol. The lowest BCUT2D eigenvalue weighted by atomic mass is 10.2. The summed E-state index contributed by atoms with van der Waals surface area (Å²) in [6.45, 7) is 10.5. The first-order valence-corrected chi connectivity index (χ1v) is 11.1. The van der Waals surface area contributed by atoms with Crippen LogP contribution in [0.2, 0.25) is 0 Å². The van der Waals surface area contributed by atoms with E-state index in [1.165, 1.54) is 11.4 Å². The first-order chi connectivity index (χ1) is 15.9. The van der Waals surface area contributed by atoms with Gasteiger partial charge in [0, 0.05) is 45.9 Å². The molecule has 0 aliphatic heterocycles. The Bertz CT molecular complexity index is 1290. The molecule has 0 amide bonds. The highest BCUT2D eigenvalue weighted by molar-refractivity contribution is 5.89. The van der Waals surface area contributed by atoms with Crippen molar-refractivity contribution in [1.29, 1.82) is 0 Å². The summed E-state index contributed by atoms with van der Waals surface area (Å²) in [6.07, 6.45) is 1.91. The van der Waals surface area contributed by atoms with Crippen LogP contribution in [0.15, 0.2) is 71.7 Å². The van der Waals surface area contributed by atoms with E-state index in [1.807, 2.05) is 30.5 Å². The van der Waals surface area contributed by atoms with Gasteiger partial charge in [0.1, 0.15) is 0 Å². The molecule has 2 aromatic heterocycles. The van der Waals surface area contributed by atoms with Crippen LogP contribution in [-0.4, -0.2) is 27.9 Å².